The summed E-state index contributed by atoms with van der Waals surface area (Å²) in [5.74, 6) is 1.98. The first-order valence-electron chi connectivity index (χ1n) is 7.60. The second kappa shape index (κ2) is 6.45. The number of anilines is 1. The molecule has 0 fully saturated rings. The molecular weight excluding hydrogens is 296 g/mol. The predicted molar refractivity (Wildman–Crippen MR) is 87.4 cm³/mol. The number of carbonyl (C=O) groups is 1. The van der Waals surface area contributed by atoms with Crippen LogP contribution in [-0.2, 0) is 19.1 Å². The third-order valence-electron chi connectivity index (χ3n) is 3.75. The number of rotatable bonds is 5. The van der Waals surface area contributed by atoms with Crippen molar-refractivity contribution >= 4 is 11.8 Å². The summed E-state index contributed by atoms with van der Waals surface area (Å²) in [5, 5.41) is 20.2. The number of aryl methyl sites for hydroxylation is 4. The largest absolute Gasteiger partial charge is 0.466 e. The maximum Gasteiger partial charge on any atom is 0.320 e. The molecule has 0 aliphatic rings. The molecule has 0 spiro atoms. The Kier molecular flexibility index (Phi) is 4.79. The maximum atomic E-state index is 12.0. The number of aromatic nitrogens is 2. The van der Waals surface area contributed by atoms with Crippen LogP contribution in [0.5, 0.6) is 0 Å². The van der Waals surface area contributed by atoms with Gasteiger partial charge in [-0.15, -0.1) is 0 Å². The summed E-state index contributed by atoms with van der Waals surface area (Å²) in [6, 6.07) is 3.21. The van der Waals surface area contributed by atoms with Crippen molar-refractivity contribution in [2.24, 2.45) is 7.05 Å². The fourth-order valence-electron chi connectivity index (χ4n) is 2.49. The summed E-state index contributed by atoms with van der Waals surface area (Å²) < 4.78 is 7.05. The minimum absolute atomic E-state index is 0.0666. The summed E-state index contributed by atoms with van der Waals surface area (Å²) in [6.07, 6.45) is 0.797. The molecule has 2 heterocycles. The highest BCUT2D eigenvalue weighted by Crippen LogP contribution is 2.26. The van der Waals surface area contributed by atoms with Gasteiger partial charge in [-0.3, -0.25) is 10.00 Å². The van der Waals surface area contributed by atoms with Gasteiger partial charge in [0.05, 0.1) is 12.2 Å². The molecule has 0 aromatic carbocycles. The number of amides is 2. The van der Waals surface area contributed by atoms with Crippen LogP contribution in [0, 0.1) is 13.8 Å². The molecule has 2 aromatic rings. The van der Waals surface area contributed by atoms with Gasteiger partial charge in [-0.1, -0.05) is 6.92 Å². The van der Waals surface area contributed by atoms with Crippen molar-refractivity contribution in [3.05, 3.63) is 34.9 Å². The Morgan fingerprint density at radius 3 is 2.65 bits per heavy atom. The van der Waals surface area contributed by atoms with Crippen molar-refractivity contribution in [1.82, 2.24) is 15.1 Å². The van der Waals surface area contributed by atoms with E-state index < -0.39 is 11.6 Å². The summed E-state index contributed by atoms with van der Waals surface area (Å²) >= 11 is 0. The fourth-order valence-corrected chi connectivity index (χ4v) is 2.49. The molecule has 7 heteroatoms. The molecule has 0 aliphatic carbocycles. The van der Waals surface area contributed by atoms with Crippen LogP contribution < -0.4 is 10.6 Å². The number of hydrogen-bond donors (Lipinski definition) is 3. The lowest BCUT2D eigenvalue weighted by atomic mass is 9.96. The minimum atomic E-state index is -1.21. The van der Waals surface area contributed by atoms with E-state index in [1.54, 1.807) is 31.6 Å². The van der Waals surface area contributed by atoms with Crippen LogP contribution in [0.2, 0.25) is 0 Å². The second-order valence-corrected chi connectivity index (χ2v) is 5.91. The molecule has 3 N–H and O–H groups in total. The van der Waals surface area contributed by atoms with Crippen molar-refractivity contribution in [3.8, 4) is 0 Å². The molecule has 0 aliphatic heterocycles. The number of aliphatic hydroxyl groups is 1. The average Bonchev–Trinajstić information content (AvgIpc) is 3.00. The molecular formula is C16H24N4O3. The average molecular weight is 320 g/mol. The smallest absolute Gasteiger partial charge is 0.320 e. The van der Waals surface area contributed by atoms with Gasteiger partial charge in [0.15, 0.2) is 0 Å². The highest BCUT2D eigenvalue weighted by molar-refractivity contribution is 5.88. The lowest BCUT2D eigenvalue weighted by Gasteiger charge is -2.23. The lowest BCUT2D eigenvalue weighted by Crippen LogP contribution is -2.40. The standard InChI is InChI=1S/C16H24N4O3/c1-6-12-8-14(20(5)19-12)18-15(21)17-9-16(4,22)13-7-10(2)23-11(13)3/h7-8,22H,6,9H2,1-5H3,(H2,17,18,21). The van der Waals surface area contributed by atoms with Crippen molar-refractivity contribution in [1.29, 1.82) is 0 Å². The van der Waals surface area contributed by atoms with Crippen LogP contribution >= 0.6 is 0 Å². The van der Waals surface area contributed by atoms with E-state index in [4.69, 9.17) is 4.42 Å². The second-order valence-electron chi connectivity index (χ2n) is 5.91. The predicted octanol–water partition coefficient (Wildman–Crippen LogP) is 2.22. The Morgan fingerprint density at radius 1 is 1.43 bits per heavy atom. The molecule has 0 radical (unpaired) electrons. The highest BCUT2D eigenvalue weighted by atomic mass is 16.3. The van der Waals surface area contributed by atoms with Crippen molar-refractivity contribution in [2.75, 3.05) is 11.9 Å². The number of nitrogens with one attached hydrogen (secondary N) is 2. The van der Waals surface area contributed by atoms with E-state index >= 15 is 0 Å². The van der Waals surface area contributed by atoms with Crippen LogP contribution in [0.3, 0.4) is 0 Å². The van der Waals surface area contributed by atoms with Gasteiger partial charge < -0.3 is 14.8 Å². The first kappa shape index (κ1) is 17.1. The Bertz CT molecular complexity index is 700. The number of urea groups is 1. The number of furan rings is 1. The monoisotopic (exact) mass is 320 g/mol. The van der Waals surface area contributed by atoms with E-state index in [1.165, 1.54) is 0 Å². The maximum absolute atomic E-state index is 12.0. The van der Waals surface area contributed by atoms with Gasteiger partial charge in [0.2, 0.25) is 0 Å². The van der Waals surface area contributed by atoms with E-state index in [2.05, 4.69) is 15.7 Å². The van der Waals surface area contributed by atoms with Gasteiger partial charge in [0.1, 0.15) is 22.9 Å². The molecule has 126 valence electrons. The molecule has 0 saturated heterocycles. The Balaban J connectivity index is 1.98. The van der Waals surface area contributed by atoms with Crippen LogP contribution in [0.15, 0.2) is 16.5 Å². The molecule has 23 heavy (non-hydrogen) atoms. The minimum Gasteiger partial charge on any atom is -0.466 e. The van der Waals surface area contributed by atoms with E-state index in [0.717, 1.165) is 17.9 Å². The van der Waals surface area contributed by atoms with Crippen LogP contribution in [0.4, 0.5) is 10.6 Å². The molecule has 7 nitrogen and oxygen atoms in total. The fraction of sp³-hybridized carbons (Fsp3) is 0.500. The molecule has 0 saturated carbocycles. The van der Waals surface area contributed by atoms with Gasteiger partial charge in [0.25, 0.3) is 0 Å². The summed E-state index contributed by atoms with van der Waals surface area (Å²) in [7, 11) is 1.77. The van der Waals surface area contributed by atoms with Gasteiger partial charge >= 0.3 is 6.03 Å². The molecule has 2 aromatic heterocycles. The third-order valence-corrected chi connectivity index (χ3v) is 3.75. The topological polar surface area (TPSA) is 92.3 Å². The van der Waals surface area contributed by atoms with Crippen LogP contribution in [0.25, 0.3) is 0 Å². The quantitative estimate of drug-likeness (QED) is 0.787. The van der Waals surface area contributed by atoms with Gasteiger partial charge in [-0.05, 0) is 33.3 Å². The zero-order valence-electron chi connectivity index (χ0n) is 14.2. The summed E-state index contributed by atoms with van der Waals surface area (Å²) in [5.41, 5.74) is 0.364. The van der Waals surface area contributed by atoms with Crippen molar-refractivity contribution < 1.29 is 14.3 Å². The number of nitrogens with zero attached hydrogens (tertiary/aromatic N) is 2. The van der Waals surface area contributed by atoms with Gasteiger partial charge in [0, 0.05) is 18.7 Å². The number of carbonyl (C=O) groups excluding carboxylic acids is 1. The Labute approximate surface area is 135 Å². The first-order valence-corrected chi connectivity index (χ1v) is 7.60. The Morgan fingerprint density at radius 2 is 2.13 bits per heavy atom. The van der Waals surface area contributed by atoms with Gasteiger partial charge in [-0.25, -0.2) is 4.79 Å². The normalized spacial score (nSPS) is 13.7. The number of hydrogen-bond acceptors (Lipinski definition) is 4. The molecule has 0 bridgehead atoms. The summed E-state index contributed by atoms with van der Waals surface area (Å²) in [6.45, 7) is 7.32. The first-order chi connectivity index (χ1) is 10.7. The van der Waals surface area contributed by atoms with E-state index in [1.807, 2.05) is 19.9 Å². The highest BCUT2D eigenvalue weighted by Gasteiger charge is 2.28. The molecule has 2 amide bonds. The SMILES string of the molecule is CCc1cc(NC(=O)NCC(C)(O)c2cc(C)oc2C)n(C)n1. The van der Waals surface area contributed by atoms with Gasteiger partial charge in [-0.2, -0.15) is 5.10 Å². The molecule has 1 unspecified atom stereocenters. The van der Waals surface area contributed by atoms with Crippen LogP contribution in [-0.4, -0.2) is 27.5 Å². The van der Waals surface area contributed by atoms with Crippen LogP contribution in [0.1, 0.15) is 36.6 Å². The van der Waals surface area contributed by atoms with Crippen molar-refractivity contribution in [2.45, 2.75) is 39.7 Å². The molecule has 1 atom stereocenters. The third kappa shape index (κ3) is 3.92. The zero-order chi connectivity index (χ0) is 17.2. The molecule has 2 rings (SSSR count). The van der Waals surface area contributed by atoms with Crippen molar-refractivity contribution in [3.63, 3.8) is 0 Å². The summed E-state index contributed by atoms with van der Waals surface area (Å²) in [4.78, 5) is 12.0. The Hall–Kier alpha value is -2.28. The zero-order valence-corrected chi connectivity index (χ0v) is 14.2. The van der Waals surface area contributed by atoms with E-state index in [-0.39, 0.29) is 6.54 Å². The lowest BCUT2D eigenvalue weighted by molar-refractivity contribution is 0.0584. The van der Waals surface area contributed by atoms with E-state index in [0.29, 0.717) is 17.1 Å². The van der Waals surface area contributed by atoms with E-state index in [9.17, 15) is 9.90 Å².